The van der Waals surface area contributed by atoms with Crippen molar-refractivity contribution in [1.82, 2.24) is 5.32 Å². The Labute approximate surface area is 135 Å². The molecule has 0 atom stereocenters. The van der Waals surface area contributed by atoms with Gasteiger partial charge in [0.25, 0.3) is 0 Å². The molecule has 0 aliphatic carbocycles. The average molecular weight is 305 g/mol. The van der Waals surface area contributed by atoms with E-state index in [1.807, 2.05) is 20.8 Å². The normalized spacial score (nSPS) is 11.5. The third-order valence-corrected chi connectivity index (χ3v) is 3.56. The first-order chi connectivity index (χ1) is 10.4. The van der Waals surface area contributed by atoms with E-state index < -0.39 is 5.60 Å². The third kappa shape index (κ3) is 6.97. The zero-order valence-electron chi connectivity index (χ0n) is 14.7. The van der Waals surface area contributed by atoms with Crippen LogP contribution >= 0.6 is 0 Å². The second-order valence-electron chi connectivity index (χ2n) is 6.87. The van der Waals surface area contributed by atoms with E-state index >= 15 is 0 Å². The Morgan fingerprint density at radius 3 is 2.09 bits per heavy atom. The molecule has 3 heteroatoms. The number of amides is 1. The molecule has 0 saturated heterocycles. The third-order valence-electron chi connectivity index (χ3n) is 3.56. The standard InChI is InChI=1S/C19H31NO2/c1-6-8-16(9-7-2)17-12-10-15(11-13-17)14-20-18(21)22-19(3,4)5/h10-13,16H,6-9,14H2,1-5H3,(H,20,21). The highest BCUT2D eigenvalue weighted by atomic mass is 16.6. The minimum atomic E-state index is -0.457. The van der Waals surface area contributed by atoms with E-state index in [4.69, 9.17) is 4.74 Å². The Kier molecular flexibility index (Phi) is 7.43. The maximum Gasteiger partial charge on any atom is 0.407 e. The van der Waals surface area contributed by atoms with Crippen LogP contribution in [0.1, 0.15) is 77.3 Å². The second kappa shape index (κ2) is 8.82. The molecule has 0 aromatic heterocycles. The highest BCUT2D eigenvalue weighted by Crippen LogP contribution is 2.26. The molecule has 124 valence electrons. The number of alkyl carbamates (subject to hydrolysis) is 1. The minimum absolute atomic E-state index is 0.369. The molecule has 1 rings (SSSR count). The smallest absolute Gasteiger partial charge is 0.407 e. The van der Waals surface area contributed by atoms with Crippen LogP contribution in [0.2, 0.25) is 0 Å². The van der Waals surface area contributed by atoms with Crippen molar-refractivity contribution < 1.29 is 9.53 Å². The molecule has 0 saturated carbocycles. The maximum absolute atomic E-state index is 11.6. The van der Waals surface area contributed by atoms with Gasteiger partial charge in [-0.2, -0.15) is 0 Å². The summed E-state index contributed by atoms with van der Waals surface area (Å²) in [5, 5.41) is 2.79. The first kappa shape index (κ1) is 18.5. The number of ether oxygens (including phenoxy) is 1. The molecule has 1 amide bonds. The number of carbonyl (C=O) groups is 1. The molecule has 1 N–H and O–H groups in total. The summed E-state index contributed by atoms with van der Waals surface area (Å²) in [7, 11) is 0. The molecule has 0 radical (unpaired) electrons. The van der Waals surface area contributed by atoms with Gasteiger partial charge in [0, 0.05) is 6.54 Å². The fourth-order valence-corrected chi connectivity index (χ4v) is 2.57. The van der Waals surface area contributed by atoms with Crippen LogP contribution in [-0.4, -0.2) is 11.7 Å². The SMILES string of the molecule is CCCC(CCC)c1ccc(CNC(=O)OC(C)(C)C)cc1. The summed E-state index contributed by atoms with van der Waals surface area (Å²) >= 11 is 0. The highest BCUT2D eigenvalue weighted by molar-refractivity contribution is 5.67. The summed E-state index contributed by atoms with van der Waals surface area (Å²) in [5.74, 6) is 0.655. The maximum atomic E-state index is 11.6. The van der Waals surface area contributed by atoms with Crippen molar-refractivity contribution in [2.24, 2.45) is 0 Å². The summed E-state index contributed by atoms with van der Waals surface area (Å²) in [6.07, 6.45) is 4.54. The molecule has 0 bridgehead atoms. The first-order valence-electron chi connectivity index (χ1n) is 8.41. The summed E-state index contributed by atoms with van der Waals surface area (Å²) in [4.78, 5) is 11.6. The lowest BCUT2D eigenvalue weighted by Crippen LogP contribution is -2.32. The molecule has 3 nitrogen and oxygen atoms in total. The Bertz CT molecular complexity index is 439. The van der Waals surface area contributed by atoms with Crippen molar-refractivity contribution in [3.05, 3.63) is 35.4 Å². The quantitative estimate of drug-likeness (QED) is 0.733. The van der Waals surface area contributed by atoms with Gasteiger partial charge in [0.2, 0.25) is 0 Å². The molecule has 0 spiro atoms. The topological polar surface area (TPSA) is 38.3 Å². The molecular weight excluding hydrogens is 274 g/mol. The molecule has 0 heterocycles. The van der Waals surface area contributed by atoms with E-state index in [0.717, 1.165) is 5.56 Å². The van der Waals surface area contributed by atoms with Gasteiger partial charge >= 0.3 is 6.09 Å². The van der Waals surface area contributed by atoms with Crippen LogP contribution < -0.4 is 5.32 Å². The fourth-order valence-electron chi connectivity index (χ4n) is 2.57. The number of nitrogens with one attached hydrogen (secondary N) is 1. The van der Waals surface area contributed by atoms with Gasteiger partial charge < -0.3 is 10.1 Å². The number of benzene rings is 1. The minimum Gasteiger partial charge on any atom is -0.444 e. The molecule has 0 aliphatic heterocycles. The van der Waals surface area contributed by atoms with Gasteiger partial charge in [-0.1, -0.05) is 51.0 Å². The van der Waals surface area contributed by atoms with Gasteiger partial charge in [-0.15, -0.1) is 0 Å². The molecule has 0 unspecified atom stereocenters. The monoisotopic (exact) mass is 305 g/mol. The average Bonchev–Trinajstić information content (AvgIpc) is 2.44. The van der Waals surface area contributed by atoms with Gasteiger partial charge in [0.15, 0.2) is 0 Å². The van der Waals surface area contributed by atoms with E-state index in [9.17, 15) is 4.79 Å². The molecule has 22 heavy (non-hydrogen) atoms. The zero-order valence-corrected chi connectivity index (χ0v) is 14.7. The van der Waals surface area contributed by atoms with Crippen molar-refractivity contribution in [2.75, 3.05) is 0 Å². The molecule has 1 aromatic carbocycles. The number of hydrogen-bond donors (Lipinski definition) is 1. The Morgan fingerprint density at radius 2 is 1.64 bits per heavy atom. The van der Waals surface area contributed by atoms with Crippen LogP contribution in [0.15, 0.2) is 24.3 Å². The predicted molar refractivity (Wildman–Crippen MR) is 92.1 cm³/mol. The van der Waals surface area contributed by atoms with Gasteiger partial charge in [-0.3, -0.25) is 0 Å². The van der Waals surface area contributed by atoms with E-state index in [1.54, 1.807) is 0 Å². The van der Waals surface area contributed by atoms with E-state index in [0.29, 0.717) is 12.5 Å². The van der Waals surface area contributed by atoms with Crippen molar-refractivity contribution in [1.29, 1.82) is 0 Å². The van der Waals surface area contributed by atoms with Crippen molar-refractivity contribution in [2.45, 2.75) is 78.4 Å². The number of carbonyl (C=O) groups excluding carboxylic acids is 1. The van der Waals surface area contributed by atoms with E-state index in [-0.39, 0.29) is 6.09 Å². The Hall–Kier alpha value is -1.51. The fraction of sp³-hybridized carbons (Fsp3) is 0.632. The number of hydrogen-bond acceptors (Lipinski definition) is 2. The Morgan fingerprint density at radius 1 is 1.09 bits per heavy atom. The van der Waals surface area contributed by atoms with E-state index in [1.165, 1.54) is 31.2 Å². The summed E-state index contributed by atoms with van der Waals surface area (Å²) < 4.78 is 5.24. The summed E-state index contributed by atoms with van der Waals surface area (Å²) in [6, 6.07) is 8.60. The van der Waals surface area contributed by atoms with Crippen LogP contribution in [0.4, 0.5) is 4.79 Å². The van der Waals surface area contributed by atoms with Gasteiger partial charge in [0.1, 0.15) is 5.60 Å². The largest absolute Gasteiger partial charge is 0.444 e. The van der Waals surface area contributed by atoms with Gasteiger partial charge in [-0.25, -0.2) is 4.79 Å². The second-order valence-corrected chi connectivity index (χ2v) is 6.87. The van der Waals surface area contributed by atoms with Crippen LogP contribution in [0.25, 0.3) is 0 Å². The molecule has 0 aliphatic rings. The lowest BCUT2D eigenvalue weighted by atomic mass is 9.90. The molecule has 0 fully saturated rings. The lowest BCUT2D eigenvalue weighted by molar-refractivity contribution is 0.0523. The molecular formula is C19H31NO2. The highest BCUT2D eigenvalue weighted by Gasteiger charge is 2.15. The number of rotatable bonds is 7. The zero-order chi connectivity index (χ0) is 16.6. The first-order valence-corrected chi connectivity index (χ1v) is 8.41. The van der Waals surface area contributed by atoms with Crippen LogP contribution in [0, 0.1) is 0 Å². The predicted octanol–water partition coefficient (Wildman–Crippen LogP) is 5.40. The van der Waals surface area contributed by atoms with Crippen molar-refractivity contribution in [3.63, 3.8) is 0 Å². The van der Waals surface area contributed by atoms with Gasteiger partial charge in [-0.05, 0) is 50.7 Å². The van der Waals surface area contributed by atoms with Crippen LogP contribution in [-0.2, 0) is 11.3 Å². The van der Waals surface area contributed by atoms with Crippen LogP contribution in [0.3, 0.4) is 0 Å². The van der Waals surface area contributed by atoms with Crippen molar-refractivity contribution >= 4 is 6.09 Å². The van der Waals surface area contributed by atoms with E-state index in [2.05, 4.69) is 43.4 Å². The van der Waals surface area contributed by atoms with Crippen molar-refractivity contribution in [3.8, 4) is 0 Å². The molecule has 1 aromatic rings. The summed E-state index contributed by atoms with van der Waals surface area (Å²) in [5.41, 5.74) is 2.05. The lowest BCUT2D eigenvalue weighted by Gasteiger charge is -2.20. The Balaban J connectivity index is 2.55. The van der Waals surface area contributed by atoms with Gasteiger partial charge in [0.05, 0.1) is 0 Å². The summed E-state index contributed by atoms with van der Waals surface area (Å²) in [6.45, 7) is 10.6. The van der Waals surface area contributed by atoms with Crippen LogP contribution in [0.5, 0.6) is 0 Å².